The number of likely N-dealkylation sites (N-methyl/N-ethyl adjacent to an activating group) is 1. The maximum atomic E-state index is 13.7. The lowest BCUT2D eigenvalue weighted by atomic mass is 10.1. The lowest BCUT2D eigenvalue weighted by molar-refractivity contribution is -0.134. The molecule has 1 atom stereocenters. The molecule has 2 amide bonds. The third-order valence-electron chi connectivity index (χ3n) is 5.93. The van der Waals surface area contributed by atoms with Crippen LogP contribution in [-0.2, 0) is 4.79 Å². The van der Waals surface area contributed by atoms with E-state index in [0.717, 1.165) is 31.6 Å². The molecule has 1 aromatic heterocycles. The maximum Gasteiger partial charge on any atom is 0.261 e. The number of rotatable bonds is 5. The topological polar surface area (TPSA) is 66.0 Å². The summed E-state index contributed by atoms with van der Waals surface area (Å²) < 4.78 is 19.1. The van der Waals surface area contributed by atoms with Gasteiger partial charge in [-0.2, -0.15) is 0 Å². The number of halogens is 1. The smallest absolute Gasteiger partial charge is 0.261 e. The van der Waals surface area contributed by atoms with Crippen LogP contribution in [0.2, 0.25) is 0 Å². The third kappa shape index (κ3) is 4.85. The average molecular weight is 426 g/mol. The van der Waals surface area contributed by atoms with Crippen molar-refractivity contribution in [2.75, 3.05) is 46.4 Å². The van der Waals surface area contributed by atoms with E-state index in [9.17, 15) is 14.0 Å². The van der Waals surface area contributed by atoms with Crippen LogP contribution < -0.4 is 4.74 Å². The standard InChI is InChI=1S/C23H27FN4O3/c1-26-11-13-27(14-12-26)23(30)17-8-9-19(25-15-17)20-6-4-10-28(20)22(29)16-31-21-7-3-2-5-18(21)24/h2-3,5,7-9,15,20H,4,6,10-14,16H2,1H3. The first-order valence-electron chi connectivity index (χ1n) is 10.6. The zero-order valence-electron chi connectivity index (χ0n) is 17.7. The Kier molecular flexibility index (Phi) is 6.46. The second kappa shape index (κ2) is 9.43. The number of benzene rings is 1. The quantitative estimate of drug-likeness (QED) is 0.734. The first-order chi connectivity index (χ1) is 15.0. The summed E-state index contributed by atoms with van der Waals surface area (Å²) >= 11 is 0. The highest BCUT2D eigenvalue weighted by atomic mass is 19.1. The number of hydrogen-bond donors (Lipinski definition) is 0. The van der Waals surface area contributed by atoms with E-state index in [2.05, 4.69) is 9.88 Å². The summed E-state index contributed by atoms with van der Waals surface area (Å²) in [6.07, 6.45) is 3.26. The number of likely N-dealkylation sites (tertiary alicyclic amines) is 1. The molecule has 0 N–H and O–H groups in total. The number of ether oxygens (including phenoxy) is 1. The molecular formula is C23H27FN4O3. The molecule has 2 fully saturated rings. The van der Waals surface area contributed by atoms with Gasteiger partial charge >= 0.3 is 0 Å². The highest BCUT2D eigenvalue weighted by molar-refractivity contribution is 5.94. The summed E-state index contributed by atoms with van der Waals surface area (Å²) in [7, 11) is 2.05. The number of nitrogens with zero attached hydrogens (tertiary/aromatic N) is 4. The maximum absolute atomic E-state index is 13.7. The molecule has 1 aromatic carbocycles. The summed E-state index contributed by atoms with van der Waals surface area (Å²) in [4.78, 5) is 35.7. The van der Waals surface area contributed by atoms with Crippen LogP contribution in [0.25, 0.3) is 0 Å². The zero-order valence-corrected chi connectivity index (χ0v) is 17.7. The molecule has 0 aliphatic carbocycles. The van der Waals surface area contributed by atoms with Crippen molar-refractivity contribution in [1.82, 2.24) is 19.7 Å². The van der Waals surface area contributed by atoms with Crippen molar-refractivity contribution in [3.05, 3.63) is 59.7 Å². The zero-order chi connectivity index (χ0) is 21.8. The predicted molar refractivity (Wildman–Crippen MR) is 113 cm³/mol. The van der Waals surface area contributed by atoms with Crippen molar-refractivity contribution in [2.24, 2.45) is 0 Å². The molecule has 0 bridgehead atoms. The second-order valence-corrected chi connectivity index (χ2v) is 8.03. The van der Waals surface area contributed by atoms with E-state index in [1.165, 1.54) is 12.1 Å². The van der Waals surface area contributed by atoms with Crippen LogP contribution in [0.3, 0.4) is 0 Å². The number of para-hydroxylation sites is 1. The van der Waals surface area contributed by atoms with E-state index in [4.69, 9.17) is 4.74 Å². The summed E-state index contributed by atoms with van der Waals surface area (Å²) in [6, 6.07) is 9.50. The summed E-state index contributed by atoms with van der Waals surface area (Å²) in [6.45, 7) is 3.54. The monoisotopic (exact) mass is 426 g/mol. The number of piperazine rings is 1. The van der Waals surface area contributed by atoms with Gasteiger partial charge in [-0.3, -0.25) is 14.6 Å². The van der Waals surface area contributed by atoms with E-state index in [1.54, 1.807) is 29.3 Å². The minimum atomic E-state index is -0.490. The Hall–Kier alpha value is -3.00. The molecule has 2 aliphatic heterocycles. The van der Waals surface area contributed by atoms with Gasteiger partial charge in [0, 0.05) is 38.9 Å². The average Bonchev–Trinajstić information content (AvgIpc) is 3.29. The van der Waals surface area contributed by atoms with Crippen LogP contribution in [0.1, 0.15) is 34.9 Å². The molecule has 0 saturated carbocycles. The first-order valence-corrected chi connectivity index (χ1v) is 10.6. The fraction of sp³-hybridized carbons (Fsp3) is 0.435. The molecular weight excluding hydrogens is 399 g/mol. The Morgan fingerprint density at radius 3 is 2.58 bits per heavy atom. The molecule has 0 spiro atoms. The number of carbonyl (C=O) groups excluding carboxylic acids is 2. The number of hydrogen-bond acceptors (Lipinski definition) is 5. The Bertz CT molecular complexity index is 929. The highest BCUT2D eigenvalue weighted by Crippen LogP contribution is 2.31. The van der Waals surface area contributed by atoms with Crippen molar-refractivity contribution in [3.8, 4) is 5.75 Å². The van der Waals surface area contributed by atoms with Gasteiger partial charge < -0.3 is 19.4 Å². The van der Waals surface area contributed by atoms with Crippen molar-refractivity contribution in [1.29, 1.82) is 0 Å². The van der Waals surface area contributed by atoms with Gasteiger partial charge in [0.25, 0.3) is 11.8 Å². The van der Waals surface area contributed by atoms with Gasteiger partial charge in [-0.05, 0) is 44.2 Å². The molecule has 2 aromatic rings. The fourth-order valence-corrected chi connectivity index (χ4v) is 4.08. The Morgan fingerprint density at radius 1 is 1.10 bits per heavy atom. The van der Waals surface area contributed by atoms with Crippen molar-refractivity contribution in [2.45, 2.75) is 18.9 Å². The number of pyridine rings is 1. The molecule has 31 heavy (non-hydrogen) atoms. The van der Waals surface area contributed by atoms with Crippen molar-refractivity contribution < 1.29 is 18.7 Å². The number of carbonyl (C=O) groups is 2. The van der Waals surface area contributed by atoms with Crippen LogP contribution in [0.4, 0.5) is 4.39 Å². The van der Waals surface area contributed by atoms with Gasteiger partial charge in [0.2, 0.25) is 0 Å². The first kappa shape index (κ1) is 21.2. The fourth-order valence-electron chi connectivity index (χ4n) is 4.08. The third-order valence-corrected chi connectivity index (χ3v) is 5.93. The molecule has 4 rings (SSSR count). The Labute approximate surface area is 181 Å². The van der Waals surface area contributed by atoms with Crippen molar-refractivity contribution in [3.63, 3.8) is 0 Å². The lowest BCUT2D eigenvalue weighted by Gasteiger charge is -2.32. The van der Waals surface area contributed by atoms with Crippen LogP contribution in [-0.4, -0.2) is 77.9 Å². The largest absolute Gasteiger partial charge is 0.481 e. The van der Waals surface area contributed by atoms with E-state index in [1.807, 2.05) is 18.0 Å². The molecule has 0 radical (unpaired) electrons. The van der Waals surface area contributed by atoms with Crippen LogP contribution in [0.5, 0.6) is 5.75 Å². The highest BCUT2D eigenvalue weighted by Gasteiger charge is 2.31. The molecule has 7 nitrogen and oxygen atoms in total. The Morgan fingerprint density at radius 2 is 1.87 bits per heavy atom. The van der Waals surface area contributed by atoms with Gasteiger partial charge in [0.05, 0.1) is 17.3 Å². The van der Waals surface area contributed by atoms with Gasteiger partial charge in [-0.15, -0.1) is 0 Å². The molecule has 1 unspecified atom stereocenters. The lowest BCUT2D eigenvalue weighted by Crippen LogP contribution is -2.47. The normalized spacial score (nSPS) is 19.5. The van der Waals surface area contributed by atoms with Gasteiger partial charge in [0.15, 0.2) is 18.2 Å². The van der Waals surface area contributed by atoms with Gasteiger partial charge in [-0.25, -0.2) is 4.39 Å². The number of amides is 2. The molecule has 164 valence electrons. The number of aromatic nitrogens is 1. The molecule has 3 heterocycles. The summed E-state index contributed by atoms with van der Waals surface area (Å²) in [5, 5.41) is 0. The minimum Gasteiger partial charge on any atom is -0.481 e. The summed E-state index contributed by atoms with van der Waals surface area (Å²) in [5.74, 6) is -0.637. The van der Waals surface area contributed by atoms with E-state index < -0.39 is 5.82 Å². The van der Waals surface area contributed by atoms with Crippen molar-refractivity contribution >= 4 is 11.8 Å². The van der Waals surface area contributed by atoms with Crippen LogP contribution in [0.15, 0.2) is 42.6 Å². The van der Waals surface area contributed by atoms with Crippen LogP contribution in [0, 0.1) is 5.82 Å². The van der Waals surface area contributed by atoms with E-state index >= 15 is 0 Å². The predicted octanol–water partition coefficient (Wildman–Crippen LogP) is 2.35. The molecule has 8 heteroatoms. The SMILES string of the molecule is CN1CCN(C(=O)c2ccc(C3CCCN3C(=O)COc3ccccc3F)nc2)CC1. The van der Waals surface area contributed by atoms with Gasteiger partial charge in [0.1, 0.15) is 0 Å². The van der Waals surface area contributed by atoms with Crippen LogP contribution >= 0.6 is 0 Å². The minimum absolute atomic E-state index is 0.00945. The molecule has 2 saturated heterocycles. The molecule has 2 aliphatic rings. The van der Waals surface area contributed by atoms with E-state index in [0.29, 0.717) is 25.2 Å². The van der Waals surface area contributed by atoms with E-state index in [-0.39, 0.29) is 30.2 Å². The second-order valence-electron chi connectivity index (χ2n) is 8.03. The Balaban J connectivity index is 1.38. The summed E-state index contributed by atoms with van der Waals surface area (Å²) in [5.41, 5.74) is 1.32. The van der Waals surface area contributed by atoms with Gasteiger partial charge in [-0.1, -0.05) is 12.1 Å².